The predicted octanol–water partition coefficient (Wildman–Crippen LogP) is 2.65. The molecule has 0 amide bonds. The molecular formula is C13H19ClN2. The third-order valence-corrected chi connectivity index (χ3v) is 3.72. The van der Waals surface area contributed by atoms with E-state index in [0.717, 1.165) is 18.1 Å². The Labute approximate surface area is 102 Å². The molecule has 1 aromatic carbocycles. The van der Waals surface area contributed by atoms with Crippen LogP contribution in [0, 0.1) is 12.8 Å². The van der Waals surface area contributed by atoms with Crippen LogP contribution in [0.3, 0.4) is 0 Å². The van der Waals surface area contributed by atoms with Crippen LogP contribution in [-0.4, -0.2) is 13.1 Å². The number of benzene rings is 1. The van der Waals surface area contributed by atoms with Crippen molar-refractivity contribution in [3.05, 3.63) is 34.3 Å². The first-order chi connectivity index (χ1) is 7.68. The van der Waals surface area contributed by atoms with E-state index >= 15 is 0 Å². The van der Waals surface area contributed by atoms with Gasteiger partial charge >= 0.3 is 0 Å². The van der Waals surface area contributed by atoms with Gasteiger partial charge in [-0.15, -0.1) is 0 Å². The molecule has 0 spiro atoms. The summed E-state index contributed by atoms with van der Waals surface area (Å²) < 4.78 is 0. The van der Waals surface area contributed by atoms with Crippen LogP contribution in [-0.2, 0) is 0 Å². The number of aryl methyl sites for hydroxylation is 1. The number of piperidine rings is 1. The lowest BCUT2D eigenvalue weighted by Crippen LogP contribution is -2.34. The molecule has 0 saturated carbocycles. The third-order valence-electron chi connectivity index (χ3n) is 3.48. The Balaban J connectivity index is 2.15. The zero-order valence-corrected chi connectivity index (χ0v) is 10.4. The average molecular weight is 239 g/mol. The lowest BCUT2D eigenvalue weighted by atomic mass is 9.85. The van der Waals surface area contributed by atoms with Gasteiger partial charge in [0.25, 0.3) is 0 Å². The molecule has 1 aliphatic heterocycles. The van der Waals surface area contributed by atoms with Crippen molar-refractivity contribution in [1.82, 2.24) is 5.32 Å². The Morgan fingerprint density at radius 1 is 1.38 bits per heavy atom. The highest BCUT2D eigenvalue weighted by atomic mass is 35.5. The van der Waals surface area contributed by atoms with E-state index in [9.17, 15) is 0 Å². The van der Waals surface area contributed by atoms with Crippen LogP contribution in [0.2, 0.25) is 5.02 Å². The molecule has 0 unspecified atom stereocenters. The molecule has 1 atom stereocenters. The Hall–Kier alpha value is -0.570. The molecule has 2 rings (SSSR count). The van der Waals surface area contributed by atoms with Crippen LogP contribution < -0.4 is 11.1 Å². The summed E-state index contributed by atoms with van der Waals surface area (Å²) in [5, 5.41) is 4.16. The second kappa shape index (κ2) is 5.17. The minimum atomic E-state index is 0.152. The Morgan fingerprint density at radius 3 is 2.69 bits per heavy atom. The summed E-state index contributed by atoms with van der Waals surface area (Å²) in [7, 11) is 0. The van der Waals surface area contributed by atoms with E-state index in [1.165, 1.54) is 24.0 Å². The highest BCUT2D eigenvalue weighted by molar-refractivity contribution is 6.30. The summed E-state index contributed by atoms with van der Waals surface area (Å²) in [6.45, 7) is 4.26. The van der Waals surface area contributed by atoms with Crippen LogP contribution in [0.5, 0.6) is 0 Å². The second-order valence-electron chi connectivity index (χ2n) is 4.61. The number of halogens is 1. The molecule has 88 valence electrons. The van der Waals surface area contributed by atoms with Gasteiger partial charge in [-0.25, -0.2) is 0 Å². The van der Waals surface area contributed by atoms with E-state index in [1.807, 2.05) is 12.1 Å². The first-order valence-electron chi connectivity index (χ1n) is 5.91. The fraction of sp³-hybridized carbons (Fsp3) is 0.538. The lowest BCUT2D eigenvalue weighted by molar-refractivity contribution is 0.321. The van der Waals surface area contributed by atoms with E-state index in [0.29, 0.717) is 5.92 Å². The molecule has 0 bridgehead atoms. The first-order valence-corrected chi connectivity index (χ1v) is 6.28. The molecule has 0 aromatic heterocycles. The van der Waals surface area contributed by atoms with E-state index in [-0.39, 0.29) is 6.04 Å². The van der Waals surface area contributed by atoms with Crippen LogP contribution in [0.15, 0.2) is 18.2 Å². The van der Waals surface area contributed by atoms with Crippen molar-refractivity contribution < 1.29 is 0 Å². The predicted molar refractivity (Wildman–Crippen MR) is 68.7 cm³/mol. The molecule has 3 heteroatoms. The Bertz CT molecular complexity index is 359. The molecular weight excluding hydrogens is 220 g/mol. The van der Waals surface area contributed by atoms with Crippen LogP contribution in [0.25, 0.3) is 0 Å². The molecule has 0 aliphatic carbocycles. The average Bonchev–Trinajstić information content (AvgIpc) is 2.29. The van der Waals surface area contributed by atoms with Gasteiger partial charge in [-0.05, 0) is 62.0 Å². The second-order valence-corrected chi connectivity index (χ2v) is 5.05. The summed E-state index contributed by atoms with van der Waals surface area (Å²) in [6, 6.07) is 6.16. The van der Waals surface area contributed by atoms with Crippen molar-refractivity contribution in [3.63, 3.8) is 0 Å². The first kappa shape index (κ1) is 11.9. The minimum Gasteiger partial charge on any atom is -0.324 e. The monoisotopic (exact) mass is 238 g/mol. The SMILES string of the molecule is Cc1cc(Cl)ccc1[C@H](N)C1CCNCC1. The number of nitrogens with two attached hydrogens (primary N) is 1. The normalized spacial score (nSPS) is 19.7. The number of rotatable bonds is 2. The fourth-order valence-electron chi connectivity index (χ4n) is 2.47. The summed E-state index contributed by atoms with van der Waals surface area (Å²) in [5.74, 6) is 0.598. The van der Waals surface area contributed by atoms with Crippen molar-refractivity contribution in [2.75, 3.05) is 13.1 Å². The van der Waals surface area contributed by atoms with Crippen molar-refractivity contribution in [3.8, 4) is 0 Å². The fourth-order valence-corrected chi connectivity index (χ4v) is 2.70. The molecule has 1 heterocycles. The molecule has 1 saturated heterocycles. The van der Waals surface area contributed by atoms with Gasteiger partial charge in [-0.2, -0.15) is 0 Å². The highest BCUT2D eigenvalue weighted by Gasteiger charge is 2.22. The smallest absolute Gasteiger partial charge is 0.0408 e. The van der Waals surface area contributed by atoms with Crippen molar-refractivity contribution >= 4 is 11.6 Å². The summed E-state index contributed by atoms with van der Waals surface area (Å²) in [4.78, 5) is 0. The van der Waals surface area contributed by atoms with Gasteiger partial charge in [0.15, 0.2) is 0 Å². The van der Waals surface area contributed by atoms with Crippen LogP contribution in [0.1, 0.15) is 30.0 Å². The van der Waals surface area contributed by atoms with Crippen molar-refractivity contribution in [2.24, 2.45) is 11.7 Å². The van der Waals surface area contributed by atoms with Gasteiger partial charge < -0.3 is 11.1 Å². The zero-order chi connectivity index (χ0) is 11.5. The third kappa shape index (κ3) is 2.57. The Morgan fingerprint density at radius 2 is 2.06 bits per heavy atom. The van der Waals surface area contributed by atoms with Gasteiger partial charge in [0.2, 0.25) is 0 Å². The quantitative estimate of drug-likeness (QED) is 0.832. The number of hydrogen-bond acceptors (Lipinski definition) is 2. The van der Waals surface area contributed by atoms with E-state index < -0.39 is 0 Å². The number of hydrogen-bond donors (Lipinski definition) is 2. The Kier molecular flexibility index (Phi) is 3.85. The van der Waals surface area contributed by atoms with Crippen molar-refractivity contribution in [2.45, 2.75) is 25.8 Å². The van der Waals surface area contributed by atoms with E-state index in [4.69, 9.17) is 17.3 Å². The van der Waals surface area contributed by atoms with Crippen LogP contribution in [0.4, 0.5) is 0 Å². The van der Waals surface area contributed by atoms with Crippen LogP contribution >= 0.6 is 11.6 Å². The maximum Gasteiger partial charge on any atom is 0.0408 e. The lowest BCUT2D eigenvalue weighted by Gasteiger charge is -2.29. The van der Waals surface area contributed by atoms with Gasteiger partial charge in [-0.3, -0.25) is 0 Å². The van der Waals surface area contributed by atoms with Gasteiger partial charge in [0, 0.05) is 11.1 Å². The molecule has 1 aromatic rings. The highest BCUT2D eigenvalue weighted by Crippen LogP contribution is 2.29. The van der Waals surface area contributed by atoms with Gasteiger partial charge in [-0.1, -0.05) is 17.7 Å². The van der Waals surface area contributed by atoms with Gasteiger partial charge in [0.1, 0.15) is 0 Å². The summed E-state index contributed by atoms with van der Waals surface area (Å²) >= 11 is 5.96. The molecule has 0 radical (unpaired) electrons. The standard InChI is InChI=1S/C13H19ClN2/c1-9-8-11(14)2-3-12(9)13(15)10-4-6-16-7-5-10/h2-3,8,10,13,16H,4-7,15H2,1H3/t13-/m1/s1. The van der Waals surface area contributed by atoms with E-state index in [2.05, 4.69) is 18.3 Å². The summed E-state index contributed by atoms with van der Waals surface area (Å²) in [6.07, 6.45) is 2.34. The summed E-state index contributed by atoms with van der Waals surface area (Å²) in [5.41, 5.74) is 8.80. The maximum atomic E-state index is 6.35. The zero-order valence-electron chi connectivity index (χ0n) is 9.67. The molecule has 1 aliphatic rings. The molecule has 2 nitrogen and oxygen atoms in total. The molecule has 3 N–H and O–H groups in total. The maximum absolute atomic E-state index is 6.35. The topological polar surface area (TPSA) is 38.0 Å². The van der Waals surface area contributed by atoms with E-state index in [1.54, 1.807) is 0 Å². The van der Waals surface area contributed by atoms with Gasteiger partial charge in [0.05, 0.1) is 0 Å². The minimum absolute atomic E-state index is 0.152. The largest absolute Gasteiger partial charge is 0.324 e. The van der Waals surface area contributed by atoms with Crippen molar-refractivity contribution in [1.29, 1.82) is 0 Å². The molecule has 1 fully saturated rings. The number of nitrogens with one attached hydrogen (secondary N) is 1. The molecule has 16 heavy (non-hydrogen) atoms.